The molecule has 0 aliphatic heterocycles. The Morgan fingerprint density at radius 3 is 2.60 bits per heavy atom. The van der Waals surface area contributed by atoms with Gasteiger partial charge in [0.2, 0.25) is 5.88 Å². The van der Waals surface area contributed by atoms with Crippen LogP contribution in [0.1, 0.15) is 13.3 Å². The Kier molecular flexibility index (Phi) is 7.75. The first-order chi connectivity index (χ1) is 14.1. The Balaban J connectivity index is 0.000000396. The third kappa shape index (κ3) is 6.44. The zero-order chi connectivity index (χ0) is 22.3. The number of aryl methyl sites for hydroxylation is 1. The second-order valence-electron chi connectivity index (χ2n) is 6.60. The van der Waals surface area contributed by atoms with E-state index in [4.69, 9.17) is 14.6 Å². The van der Waals surface area contributed by atoms with Gasteiger partial charge in [0.25, 0.3) is 0 Å². The molecule has 1 unspecified atom stereocenters. The fourth-order valence-corrected chi connectivity index (χ4v) is 2.50. The molecule has 0 fully saturated rings. The van der Waals surface area contributed by atoms with Crippen LogP contribution in [0.5, 0.6) is 5.88 Å². The Morgan fingerprint density at radius 1 is 1.33 bits per heavy atom. The first kappa shape index (κ1) is 23.1. The number of alkyl halides is 3. The molecule has 30 heavy (non-hydrogen) atoms. The van der Waals surface area contributed by atoms with Crippen LogP contribution < -0.4 is 10.1 Å². The summed E-state index contributed by atoms with van der Waals surface area (Å²) < 4.78 is 41.2. The van der Waals surface area contributed by atoms with Crippen LogP contribution in [0, 0.1) is 5.92 Å². The summed E-state index contributed by atoms with van der Waals surface area (Å²) >= 11 is 0. The van der Waals surface area contributed by atoms with Gasteiger partial charge in [-0.05, 0) is 32.0 Å². The molecule has 3 aromatic heterocycles. The van der Waals surface area contributed by atoms with Crippen LogP contribution in [0.3, 0.4) is 0 Å². The minimum atomic E-state index is -5.08. The standard InChI is InChI=1S/C16H22N6O.C2HF3O2/c1-12(8-17-2)5-7-23-16-15-4-6-18-22(15)11-14(20-16)13-9-19-21(3)10-13;3-2(4,5)1(6)7/h4,6,9-12,17H,5,7-8H2,1-3H3;(H,6,7). The summed E-state index contributed by atoms with van der Waals surface area (Å²) in [5.74, 6) is -1.59. The van der Waals surface area contributed by atoms with Gasteiger partial charge in [0.05, 0.1) is 30.9 Å². The summed E-state index contributed by atoms with van der Waals surface area (Å²) in [6.07, 6.45) is 3.25. The second kappa shape index (κ2) is 10.1. The number of carbonyl (C=O) groups is 1. The van der Waals surface area contributed by atoms with E-state index in [0.29, 0.717) is 18.4 Å². The lowest BCUT2D eigenvalue weighted by atomic mass is 10.1. The number of aromatic nitrogens is 5. The van der Waals surface area contributed by atoms with Gasteiger partial charge in [-0.25, -0.2) is 14.3 Å². The first-order valence-corrected chi connectivity index (χ1v) is 9.02. The molecular weight excluding hydrogens is 405 g/mol. The van der Waals surface area contributed by atoms with Crippen molar-refractivity contribution in [2.24, 2.45) is 13.0 Å². The van der Waals surface area contributed by atoms with Gasteiger partial charge in [-0.2, -0.15) is 23.4 Å². The highest BCUT2D eigenvalue weighted by molar-refractivity contribution is 5.73. The summed E-state index contributed by atoms with van der Waals surface area (Å²) in [6.45, 7) is 3.82. The van der Waals surface area contributed by atoms with Crippen LogP contribution in [-0.4, -0.2) is 61.8 Å². The number of hydrogen-bond acceptors (Lipinski definition) is 6. The predicted octanol–water partition coefficient (Wildman–Crippen LogP) is 2.39. The molecule has 0 aliphatic rings. The molecule has 0 aliphatic carbocycles. The van der Waals surface area contributed by atoms with E-state index in [2.05, 4.69) is 27.4 Å². The minimum Gasteiger partial charge on any atom is -0.476 e. The van der Waals surface area contributed by atoms with Crippen molar-refractivity contribution in [1.29, 1.82) is 0 Å². The topological polar surface area (TPSA) is 107 Å². The van der Waals surface area contributed by atoms with Crippen molar-refractivity contribution in [2.45, 2.75) is 19.5 Å². The Hall–Kier alpha value is -3.15. The van der Waals surface area contributed by atoms with E-state index >= 15 is 0 Å². The van der Waals surface area contributed by atoms with Gasteiger partial charge >= 0.3 is 12.1 Å². The van der Waals surface area contributed by atoms with Crippen molar-refractivity contribution in [3.8, 4) is 17.1 Å². The molecule has 12 heteroatoms. The Bertz CT molecular complexity index is 970. The number of aliphatic carboxylic acids is 1. The third-order valence-corrected chi connectivity index (χ3v) is 4.00. The number of hydrogen-bond donors (Lipinski definition) is 2. The van der Waals surface area contributed by atoms with Crippen LogP contribution in [0.15, 0.2) is 30.9 Å². The zero-order valence-corrected chi connectivity index (χ0v) is 16.7. The summed E-state index contributed by atoms with van der Waals surface area (Å²) in [7, 11) is 3.85. The number of rotatable bonds is 7. The maximum absolute atomic E-state index is 10.6. The van der Waals surface area contributed by atoms with Crippen molar-refractivity contribution >= 4 is 11.5 Å². The van der Waals surface area contributed by atoms with E-state index in [9.17, 15) is 13.2 Å². The SMILES string of the molecule is CNCC(C)CCOc1nc(-c2cnn(C)c2)cn2nccc12.O=C(O)C(F)(F)F. The highest BCUT2D eigenvalue weighted by Gasteiger charge is 2.38. The van der Waals surface area contributed by atoms with Gasteiger partial charge in [0.15, 0.2) is 0 Å². The van der Waals surface area contributed by atoms with Gasteiger partial charge in [0, 0.05) is 18.8 Å². The molecule has 9 nitrogen and oxygen atoms in total. The minimum absolute atomic E-state index is 0.558. The normalized spacial score (nSPS) is 12.3. The van der Waals surface area contributed by atoms with Gasteiger partial charge in [-0.3, -0.25) is 4.68 Å². The average Bonchev–Trinajstić information content (AvgIpc) is 3.30. The first-order valence-electron chi connectivity index (χ1n) is 9.02. The monoisotopic (exact) mass is 428 g/mol. The molecule has 0 spiro atoms. The zero-order valence-electron chi connectivity index (χ0n) is 16.7. The van der Waals surface area contributed by atoms with E-state index in [1.54, 1.807) is 21.6 Å². The van der Waals surface area contributed by atoms with Crippen LogP contribution in [-0.2, 0) is 11.8 Å². The van der Waals surface area contributed by atoms with Gasteiger partial charge in [-0.15, -0.1) is 0 Å². The van der Waals surface area contributed by atoms with Crippen LogP contribution >= 0.6 is 0 Å². The molecule has 3 rings (SSSR count). The molecule has 3 aromatic rings. The average molecular weight is 428 g/mol. The number of carboxylic acid groups (broad SMARTS) is 1. The summed E-state index contributed by atoms with van der Waals surface area (Å²) in [4.78, 5) is 13.5. The lowest BCUT2D eigenvalue weighted by molar-refractivity contribution is -0.192. The summed E-state index contributed by atoms with van der Waals surface area (Å²) in [6, 6.07) is 1.91. The van der Waals surface area contributed by atoms with E-state index in [-0.39, 0.29) is 0 Å². The maximum Gasteiger partial charge on any atom is 0.490 e. The third-order valence-electron chi connectivity index (χ3n) is 4.00. The van der Waals surface area contributed by atoms with E-state index in [1.807, 2.05) is 32.6 Å². The number of ether oxygens (including phenoxy) is 1. The van der Waals surface area contributed by atoms with Crippen LogP contribution in [0.2, 0.25) is 0 Å². The van der Waals surface area contributed by atoms with Gasteiger partial charge < -0.3 is 15.2 Å². The number of carboxylic acids is 1. The molecule has 164 valence electrons. The predicted molar refractivity (Wildman–Crippen MR) is 102 cm³/mol. The van der Waals surface area contributed by atoms with Crippen molar-refractivity contribution in [2.75, 3.05) is 20.2 Å². The molecule has 0 saturated heterocycles. The smallest absolute Gasteiger partial charge is 0.476 e. The Labute approximate surface area is 170 Å². The van der Waals surface area contributed by atoms with Gasteiger partial charge in [0.1, 0.15) is 5.52 Å². The highest BCUT2D eigenvalue weighted by Crippen LogP contribution is 2.23. The van der Waals surface area contributed by atoms with E-state index in [1.165, 1.54) is 0 Å². The maximum atomic E-state index is 10.6. The number of nitrogens with one attached hydrogen (secondary N) is 1. The number of fused-ring (bicyclic) bond motifs is 1. The molecular formula is C18H23F3N6O3. The molecule has 0 radical (unpaired) electrons. The summed E-state index contributed by atoms with van der Waals surface area (Å²) in [5, 5.41) is 18.8. The van der Waals surface area contributed by atoms with Crippen molar-refractivity contribution in [1.82, 2.24) is 29.7 Å². The van der Waals surface area contributed by atoms with Crippen LogP contribution in [0.4, 0.5) is 13.2 Å². The quantitative estimate of drug-likeness (QED) is 0.595. The van der Waals surface area contributed by atoms with E-state index < -0.39 is 12.1 Å². The molecule has 1 atom stereocenters. The van der Waals surface area contributed by atoms with E-state index in [0.717, 1.165) is 29.7 Å². The molecule has 0 aromatic carbocycles. The largest absolute Gasteiger partial charge is 0.490 e. The lowest BCUT2D eigenvalue weighted by Gasteiger charge is -2.12. The molecule has 0 amide bonds. The fourth-order valence-electron chi connectivity index (χ4n) is 2.50. The Morgan fingerprint density at radius 2 is 2.03 bits per heavy atom. The molecule has 0 saturated carbocycles. The van der Waals surface area contributed by atoms with Crippen molar-refractivity contribution in [3.05, 3.63) is 30.9 Å². The van der Waals surface area contributed by atoms with Gasteiger partial charge in [-0.1, -0.05) is 6.92 Å². The number of nitrogens with zero attached hydrogens (tertiary/aromatic N) is 5. The lowest BCUT2D eigenvalue weighted by Crippen LogP contribution is -2.21. The summed E-state index contributed by atoms with van der Waals surface area (Å²) in [5.41, 5.74) is 2.62. The van der Waals surface area contributed by atoms with Crippen LogP contribution in [0.25, 0.3) is 16.8 Å². The highest BCUT2D eigenvalue weighted by atomic mass is 19.4. The van der Waals surface area contributed by atoms with Crippen molar-refractivity contribution < 1.29 is 27.8 Å². The molecule has 2 N–H and O–H groups in total. The van der Waals surface area contributed by atoms with Crippen molar-refractivity contribution in [3.63, 3.8) is 0 Å². The second-order valence-corrected chi connectivity index (χ2v) is 6.60. The molecule has 0 bridgehead atoms. The molecule has 3 heterocycles. The number of halogens is 3. The fraction of sp³-hybridized carbons (Fsp3) is 0.444.